The zero-order chi connectivity index (χ0) is 14.1. The summed E-state index contributed by atoms with van der Waals surface area (Å²) in [5.41, 5.74) is 7.72. The van der Waals surface area contributed by atoms with E-state index in [1.54, 1.807) is 13.3 Å². The van der Waals surface area contributed by atoms with Gasteiger partial charge in [-0.05, 0) is 35.7 Å². The molecule has 0 aliphatic rings. The monoisotopic (exact) mass is 284 g/mol. The highest BCUT2D eigenvalue weighted by atomic mass is 35.5. The molecule has 0 atom stereocenters. The smallest absolute Gasteiger partial charge is 0.134 e. The number of anilines is 1. The van der Waals surface area contributed by atoms with Crippen molar-refractivity contribution in [3.63, 3.8) is 0 Å². The largest absolute Gasteiger partial charge is 0.495 e. The number of aromatic nitrogens is 1. The number of halogens is 1. The number of fused-ring (bicyclic) bond motifs is 1. The maximum absolute atomic E-state index is 6.08. The van der Waals surface area contributed by atoms with Crippen LogP contribution in [0.4, 0.5) is 5.82 Å². The minimum Gasteiger partial charge on any atom is -0.495 e. The van der Waals surface area contributed by atoms with Gasteiger partial charge in [0.15, 0.2) is 0 Å². The molecule has 0 aliphatic heterocycles. The van der Waals surface area contributed by atoms with E-state index in [1.165, 1.54) is 0 Å². The van der Waals surface area contributed by atoms with E-state index in [-0.39, 0.29) is 0 Å². The lowest BCUT2D eigenvalue weighted by atomic mass is 10.00. The van der Waals surface area contributed by atoms with E-state index in [0.717, 1.165) is 27.6 Å². The van der Waals surface area contributed by atoms with E-state index in [4.69, 9.17) is 22.1 Å². The van der Waals surface area contributed by atoms with Crippen molar-refractivity contribution in [1.82, 2.24) is 4.98 Å². The third-order valence-corrected chi connectivity index (χ3v) is 3.50. The van der Waals surface area contributed by atoms with Crippen LogP contribution in [0.15, 0.2) is 48.7 Å². The molecular weight excluding hydrogens is 272 g/mol. The Balaban J connectivity index is 2.34. The number of nitrogens with zero attached hydrogens (tertiary/aromatic N) is 1. The first-order chi connectivity index (χ1) is 9.70. The fraction of sp³-hybridized carbons (Fsp3) is 0.0625. The number of rotatable bonds is 2. The minimum atomic E-state index is 0.479. The molecule has 3 rings (SSSR count). The van der Waals surface area contributed by atoms with Crippen LogP contribution in [0.1, 0.15) is 0 Å². The van der Waals surface area contributed by atoms with Crippen molar-refractivity contribution < 1.29 is 4.74 Å². The fourth-order valence-corrected chi connectivity index (χ4v) is 2.51. The third kappa shape index (κ3) is 2.06. The first-order valence-electron chi connectivity index (χ1n) is 6.18. The molecule has 0 spiro atoms. The van der Waals surface area contributed by atoms with Gasteiger partial charge < -0.3 is 10.5 Å². The van der Waals surface area contributed by atoms with Crippen LogP contribution < -0.4 is 10.5 Å². The van der Waals surface area contributed by atoms with E-state index in [9.17, 15) is 0 Å². The zero-order valence-corrected chi connectivity index (χ0v) is 11.7. The maximum Gasteiger partial charge on any atom is 0.134 e. The van der Waals surface area contributed by atoms with E-state index in [0.29, 0.717) is 10.8 Å². The van der Waals surface area contributed by atoms with Crippen molar-refractivity contribution in [2.24, 2.45) is 0 Å². The van der Waals surface area contributed by atoms with Crippen LogP contribution >= 0.6 is 11.6 Å². The highest BCUT2D eigenvalue weighted by Gasteiger charge is 2.13. The highest BCUT2D eigenvalue weighted by molar-refractivity contribution is 6.31. The summed E-state index contributed by atoms with van der Waals surface area (Å²) in [5.74, 6) is 1.23. The highest BCUT2D eigenvalue weighted by Crippen LogP contribution is 2.39. The molecule has 0 saturated heterocycles. The van der Waals surface area contributed by atoms with Gasteiger partial charge in [0.25, 0.3) is 0 Å². The normalized spacial score (nSPS) is 10.7. The first kappa shape index (κ1) is 12.8. The predicted molar refractivity (Wildman–Crippen MR) is 83.2 cm³/mol. The molecule has 20 heavy (non-hydrogen) atoms. The van der Waals surface area contributed by atoms with Crippen LogP contribution in [0.3, 0.4) is 0 Å². The molecule has 1 aromatic heterocycles. The van der Waals surface area contributed by atoms with Crippen molar-refractivity contribution in [2.45, 2.75) is 0 Å². The Labute approximate surface area is 122 Å². The molecule has 0 amide bonds. The van der Waals surface area contributed by atoms with Crippen LogP contribution in [-0.4, -0.2) is 12.1 Å². The lowest BCUT2D eigenvalue weighted by molar-refractivity contribution is 0.421. The number of hydrogen-bond donors (Lipinski definition) is 1. The first-order valence-corrected chi connectivity index (χ1v) is 6.55. The van der Waals surface area contributed by atoms with Gasteiger partial charge in [-0.3, -0.25) is 0 Å². The molecular formula is C16H13ClN2O. The summed E-state index contributed by atoms with van der Waals surface area (Å²) < 4.78 is 5.58. The molecule has 0 fully saturated rings. The van der Waals surface area contributed by atoms with Crippen LogP contribution in [0.2, 0.25) is 5.02 Å². The Kier molecular flexibility index (Phi) is 3.20. The van der Waals surface area contributed by atoms with Crippen LogP contribution in [0, 0.1) is 0 Å². The Bertz CT molecular complexity index is 787. The molecule has 0 bridgehead atoms. The number of nitrogens with two attached hydrogens (primary N) is 1. The van der Waals surface area contributed by atoms with Crippen LogP contribution in [0.25, 0.3) is 21.9 Å². The van der Waals surface area contributed by atoms with Gasteiger partial charge in [-0.2, -0.15) is 0 Å². The second kappa shape index (κ2) is 5.02. The molecule has 2 N–H and O–H groups in total. The van der Waals surface area contributed by atoms with Crippen LogP contribution in [-0.2, 0) is 0 Å². The summed E-state index contributed by atoms with van der Waals surface area (Å²) >= 11 is 6.08. The average molecular weight is 285 g/mol. The molecule has 0 aliphatic carbocycles. The van der Waals surface area contributed by atoms with Gasteiger partial charge in [0.1, 0.15) is 11.6 Å². The third-order valence-electron chi connectivity index (χ3n) is 3.27. The molecule has 2 aromatic carbocycles. The van der Waals surface area contributed by atoms with Crippen molar-refractivity contribution in [1.29, 1.82) is 0 Å². The van der Waals surface area contributed by atoms with Gasteiger partial charge >= 0.3 is 0 Å². The summed E-state index contributed by atoms with van der Waals surface area (Å²) in [5, 5.41) is 2.70. The average Bonchev–Trinajstić information content (AvgIpc) is 2.46. The standard InChI is InChI=1S/C16H13ClN2O/c1-20-15-12(13-3-2-8-19-16(13)18)7-5-10-4-6-11(17)9-14(10)15/h2-9H,1H3,(H2,18,19). The van der Waals surface area contributed by atoms with Crippen molar-refractivity contribution in [3.05, 3.63) is 53.7 Å². The molecule has 0 saturated carbocycles. The van der Waals surface area contributed by atoms with Gasteiger partial charge in [-0.15, -0.1) is 0 Å². The van der Waals surface area contributed by atoms with Crippen LogP contribution in [0.5, 0.6) is 5.75 Å². The van der Waals surface area contributed by atoms with Crippen molar-refractivity contribution in [3.8, 4) is 16.9 Å². The molecule has 4 heteroatoms. The Hall–Kier alpha value is -2.26. The second-order valence-electron chi connectivity index (χ2n) is 4.45. The molecule has 1 heterocycles. The predicted octanol–water partition coefficient (Wildman–Crippen LogP) is 4.15. The Morgan fingerprint density at radius 1 is 1.10 bits per heavy atom. The van der Waals surface area contributed by atoms with Crippen molar-refractivity contribution >= 4 is 28.2 Å². The zero-order valence-electron chi connectivity index (χ0n) is 10.9. The quantitative estimate of drug-likeness (QED) is 0.769. The van der Waals surface area contributed by atoms with Gasteiger partial charge in [0.2, 0.25) is 0 Å². The van der Waals surface area contributed by atoms with Gasteiger partial charge in [-0.1, -0.05) is 23.7 Å². The molecule has 3 nitrogen and oxygen atoms in total. The maximum atomic E-state index is 6.08. The molecule has 0 radical (unpaired) electrons. The number of methoxy groups -OCH3 is 1. The summed E-state index contributed by atoms with van der Waals surface area (Å²) in [6.45, 7) is 0. The van der Waals surface area contributed by atoms with E-state index < -0.39 is 0 Å². The van der Waals surface area contributed by atoms with Gasteiger partial charge in [-0.25, -0.2) is 4.98 Å². The lowest BCUT2D eigenvalue weighted by Crippen LogP contribution is -1.96. The SMILES string of the molecule is COc1c(-c2cccnc2N)ccc2ccc(Cl)cc12. The summed E-state index contributed by atoms with van der Waals surface area (Å²) in [6, 6.07) is 13.5. The van der Waals surface area contributed by atoms with E-state index in [1.807, 2.05) is 42.5 Å². The number of ether oxygens (including phenoxy) is 1. The van der Waals surface area contributed by atoms with Gasteiger partial charge in [0, 0.05) is 27.7 Å². The molecule has 100 valence electrons. The molecule has 0 unspecified atom stereocenters. The second-order valence-corrected chi connectivity index (χ2v) is 4.88. The number of hydrogen-bond acceptors (Lipinski definition) is 3. The lowest BCUT2D eigenvalue weighted by Gasteiger charge is -2.13. The van der Waals surface area contributed by atoms with E-state index in [2.05, 4.69) is 4.98 Å². The summed E-state index contributed by atoms with van der Waals surface area (Å²) in [6.07, 6.45) is 1.67. The topological polar surface area (TPSA) is 48.1 Å². The fourth-order valence-electron chi connectivity index (χ4n) is 2.34. The van der Waals surface area contributed by atoms with Crippen molar-refractivity contribution in [2.75, 3.05) is 12.8 Å². The Morgan fingerprint density at radius 3 is 2.65 bits per heavy atom. The molecule has 3 aromatic rings. The summed E-state index contributed by atoms with van der Waals surface area (Å²) in [7, 11) is 1.64. The Morgan fingerprint density at radius 2 is 1.90 bits per heavy atom. The minimum absolute atomic E-state index is 0.479. The number of pyridine rings is 1. The summed E-state index contributed by atoms with van der Waals surface area (Å²) in [4.78, 5) is 4.12. The van der Waals surface area contributed by atoms with E-state index >= 15 is 0 Å². The number of nitrogen functional groups attached to an aromatic ring is 1. The number of benzene rings is 2. The van der Waals surface area contributed by atoms with Gasteiger partial charge in [0.05, 0.1) is 7.11 Å².